The molecule has 1 rings (SSSR count). The second-order valence-electron chi connectivity index (χ2n) is 2.79. The Labute approximate surface area is 89.5 Å². The quantitative estimate of drug-likeness (QED) is 0.564. The average Bonchev–Trinajstić information content (AvgIpc) is 2.25. The summed E-state index contributed by atoms with van der Waals surface area (Å²) in [5.41, 5.74) is 1.27. The first-order valence-corrected chi connectivity index (χ1v) is 5.70. The van der Waals surface area contributed by atoms with Gasteiger partial charge in [0, 0.05) is 31.2 Å². The van der Waals surface area contributed by atoms with Crippen molar-refractivity contribution in [2.45, 2.75) is 6.54 Å². The summed E-state index contributed by atoms with van der Waals surface area (Å²) >= 11 is 1.78. The first-order valence-electron chi connectivity index (χ1n) is 4.54. The van der Waals surface area contributed by atoms with E-state index < -0.39 is 0 Å². The largest absolute Gasteiger partial charge is 0.312 e. The summed E-state index contributed by atoms with van der Waals surface area (Å²) in [6, 6.07) is 4.03. The van der Waals surface area contributed by atoms with Crippen molar-refractivity contribution >= 4 is 11.8 Å². The highest BCUT2D eigenvalue weighted by molar-refractivity contribution is 7.99. The third-order valence-corrected chi connectivity index (χ3v) is 2.55. The van der Waals surface area contributed by atoms with E-state index in [4.69, 9.17) is 6.42 Å². The molecule has 0 unspecified atom stereocenters. The number of hydrogen-bond donors (Lipinski definition) is 1. The Kier molecular flexibility index (Phi) is 5.89. The van der Waals surface area contributed by atoms with Crippen molar-refractivity contribution in [3.63, 3.8) is 0 Å². The van der Waals surface area contributed by atoms with Crippen LogP contribution in [-0.4, -0.2) is 23.0 Å². The van der Waals surface area contributed by atoms with Crippen LogP contribution in [0.25, 0.3) is 0 Å². The fraction of sp³-hybridized carbons (Fsp3) is 0.364. The molecule has 0 saturated carbocycles. The molecule has 3 heteroatoms. The van der Waals surface area contributed by atoms with Crippen molar-refractivity contribution in [3.05, 3.63) is 30.1 Å². The fourth-order valence-electron chi connectivity index (χ4n) is 1.01. The van der Waals surface area contributed by atoms with Crippen molar-refractivity contribution in [3.8, 4) is 12.3 Å². The van der Waals surface area contributed by atoms with Gasteiger partial charge in [-0.1, -0.05) is 5.92 Å². The molecule has 0 aromatic carbocycles. The lowest BCUT2D eigenvalue weighted by atomic mass is 10.3. The monoisotopic (exact) mass is 206 g/mol. The smallest absolute Gasteiger partial charge is 0.0545 e. The number of hydrogen-bond acceptors (Lipinski definition) is 3. The van der Waals surface area contributed by atoms with Crippen LogP contribution >= 0.6 is 11.8 Å². The predicted octanol–water partition coefficient (Wildman–Crippen LogP) is 1.54. The Morgan fingerprint density at radius 3 is 2.93 bits per heavy atom. The van der Waals surface area contributed by atoms with Crippen molar-refractivity contribution in [1.82, 2.24) is 10.3 Å². The molecule has 2 nitrogen and oxygen atoms in total. The molecule has 0 aliphatic heterocycles. The van der Waals surface area contributed by atoms with E-state index >= 15 is 0 Å². The van der Waals surface area contributed by atoms with Crippen LogP contribution in [-0.2, 0) is 6.54 Å². The molecule has 0 spiro atoms. The molecule has 74 valence electrons. The van der Waals surface area contributed by atoms with Crippen LogP contribution in [0.4, 0.5) is 0 Å². The Bertz CT molecular complexity index is 279. The van der Waals surface area contributed by atoms with E-state index in [2.05, 4.69) is 16.2 Å². The van der Waals surface area contributed by atoms with Gasteiger partial charge in [0.1, 0.15) is 0 Å². The van der Waals surface area contributed by atoms with Crippen molar-refractivity contribution in [2.24, 2.45) is 0 Å². The van der Waals surface area contributed by atoms with Crippen LogP contribution in [0.3, 0.4) is 0 Å². The van der Waals surface area contributed by atoms with E-state index in [1.807, 2.05) is 24.5 Å². The zero-order chi connectivity index (χ0) is 10.1. The zero-order valence-electron chi connectivity index (χ0n) is 8.07. The number of nitrogens with one attached hydrogen (secondary N) is 1. The average molecular weight is 206 g/mol. The Morgan fingerprint density at radius 1 is 1.43 bits per heavy atom. The first kappa shape index (κ1) is 11.1. The Hall–Kier alpha value is -0.980. The maximum Gasteiger partial charge on any atom is 0.0545 e. The molecule has 14 heavy (non-hydrogen) atoms. The minimum atomic E-state index is 0.803. The molecule has 1 aromatic rings. The van der Waals surface area contributed by atoms with Gasteiger partial charge in [-0.25, -0.2) is 0 Å². The van der Waals surface area contributed by atoms with E-state index in [0.29, 0.717) is 0 Å². The molecule has 0 amide bonds. The fourth-order valence-corrected chi connectivity index (χ4v) is 1.56. The van der Waals surface area contributed by atoms with Crippen LogP contribution in [0.2, 0.25) is 0 Å². The lowest BCUT2D eigenvalue weighted by molar-refractivity contribution is 0.731. The van der Waals surface area contributed by atoms with Gasteiger partial charge < -0.3 is 5.32 Å². The molecular formula is C11H14N2S. The van der Waals surface area contributed by atoms with Gasteiger partial charge in [-0.15, -0.1) is 18.2 Å². The van der Waals surface area contributed by atoms with Crippen molar-refractivity contribution < 1.29 is 0 Å². The molecule has 0 aliphatic rings. The summed E-state index contributed by atoms with van der Waals surface area (Å²) < 4.78 is 0. The highest BCUT2D eigenvalue weighted by Gasteiger charge is 1.90. The van der Waals surface area contributed by atoms with E-state index in [9.17, 15) is 0 Å². The molecule has 0 fully saturated rings. The van der Waals surface area contributed by atoms with Gasteiger partial charge in [-0.3, -0.25) is 4.98 Å². The van der Waals surface area contributed by atoms with Gasteiger partial charge in [-0.2, -0.15) is 0 Å². The molecule has 1 aromatic heterocycles. The minimum absolute atomic E-state index is 0.803. The maximum absolute atomic E-state index is 5.14. The number of thioether (sulfide) groups is 1. The van der Waals surface area contributed by atoms with Crippen LogP contribution < -0.4 is 5.32 Å². The highest BCUT2D eigenvalue weighted by atomic mass is 32.2. The molecule has 0 atom stereocenters. The lowest BCUT2D eigenvalue weighted by Crippen LogP contribution is -2.16. The standard InChI is InChI=1S/C11H14N2S/c1-2-8-14-9-7-13-10-11-3-5-12-6-4-11/h1,3-6,13H,7-10H2. The minimum Gasteiger partial charge on any atom is -0.312 e. The summed E-state index contributed by atoms with van der Waals surface area (Å²) in [4.78, 5) is 3.96. The summed E-state index contributed by atoms with van der Waals surface area (Å²) in [5.74, 6) is 4.47. The van der Waals surface area contributed by atoms with Gasteiger partial charge in [0.25, 0.3) is 0 Å². The molecule has 0 aliphatic carbocycles. The number of pyridine rings is 1. The summed E-state index contributed by atoms with van der Waals surface area (Å²) in [6.07, 6.45) is 8.76. The molecule has 1 N–H and O–H groups in total. The molecule has 0 saturated heterocycles. The second kappa shape index (κ2) is 7.43. The van der Waals surface area contributed by atoms with Gasteiger partial charge >= 0.3 is 0 Å². The third-order valence-electron chi connectivity index (χ3n) is 1.69. The molecule has 1 heterocycles. The number of terminal acetylenes is 1. The summed E-state index contributed by atoms with van der Waals surface area (Å²) in [7, 11) is 0. The van der Waals surface area contributed by atoms with Crippen LogP contribution in [0.5, 0.6) is 0 Å². The van der Waals surface area contributed by atoms with Gasteiger partial charge in [0.2, 0.25) is 0 Å². The molecule has 0 bridgehead atoms. The predicted molar refractivity (Wildman–Crippen MR) is 62.1 cm³/mol. The molecular weight excluding hydrogens is 192 g/mol. The number of rotatable bonds is 6. The molecule has 0 radical (unpaired) electrons. The zero-order valence-corrected chi connectivity index (χ0v) is 8.89. The summed E-state index contributed by atoms with van der Waals surface area (Å²) in [6.45, 7) is 1.90. The van der Waals surface area contributed by atoms with E-state index in [1.165, 1.54) is 5.56 Å². The maximum atomic E-state index is 5.14. The third kappa shape index (κ3) is 4.90. The first-order chi connectivity index (χ1) is 6.93. The van der Waals surface area contributed by atoms with E-state index in [1.54, 1.807) is 11.8 Å². The topological polar surface area (TPSA) is 24.9 Å². The van der Waals surface area contributed by atoms with Crippen LogP contribution in [0, 0.1) is 12.3 Å². The van der Waals surface area contributed by atoms with Crippen LogP contribution in [0.1, 0.15) is 5.56 Å². The van der Waals surface area contributed by atoms with Gasteiger partial charge in [0.05, 0.1) is 5.75 Å². The van der Waals surface area contributed by atoms with Gasteiger partial charge in [-0.05, 0) is 17.7 Å². The number of aromatic nitrogens is 1. The van der Waals surface area contributed by atoms with Crippen molar-refractivity contribution in [2.75, 3.05) is 18.1 Å². The lowest BCUT2D eigenvalue weighted by Gasteiger charge is -2.03. The normalized spacial score (nSPS) is 9.64. The Balaban J connectivity index is 2.03. The highest BCUT2D eigenvalue weighted by Crippen LogP contribution is 1.97. The number of nitrogens with zero attached hydrogens (tertiary/aromatic N) is 1. The summed E-state index contributed by atoms with van der Waals surface area (Å²) in [5, 5.41) is 3.34. The van der Waals surface area contributed by atoms with E-state index in [0.717, 1.165) is 24.6 Å². The van der Waals surface area contributed by atoms with Gasteiger partial charge in [0.15, 0.2) is 0 Å². The Morgan fingerprint density at radius 2 is 2.21 bits per heavy atom. The SMILES string of the molecule is C#CCSCCNCc1ccncc1. The van der Waals surface area contributed by atoms with Crippen LogP contribution in [0.15, 0.2) is 24.5 Å². The van der Waals surface area contributed by atoms with E-state index in [-0.39, 0.29) is 0 Å². The second-order valence-corrected chi connectivity index (χ2v) is 3.89. The van der Waals surface area contributed by atoms with Crippen molar-refractivity contribution in [1.29, 1.82) is 0 Å².